The largest absolute Gasteiger partial charge is 0.456 e. The van der Waals surface area contributed by atoms with Crippen molar-refractivity contribution in [1.29, 1.82) is 0 Å². The van der Waals surface area contributed by atoms with Crippen molar-refractivity contribution in [3.8, 4) is 0 Å². The number of rotatable bonds is 10. The van der Waals surface area contributed by atoms with Crippen molar-refractivity contribution in [2.45, 2.75) is 32.4 Å². The van der Waals surface area contributed by atoms with Gasteiger partial charge in [-0.3, -0.25) is 24.3 Å². The predicted molar refractivity (Wildman–Crippen MR) is 96.8 cm³/mol. The number of ether oxygens (including phenoxy) is 2. The third-order valence-corrected chi connectivity index (χ3v) is 3.81. The highest BCUT2D eigenvalue weighted by Crippen LogP contribution is 2.20. The lowest BCUT2D eigenvalue weighted by molar-refractivity contribution is -0.384. The van der Waals surface area contributed by atoms with Gasteiger partial charge in [-0.1, -0.05) is 0 Å². The molecule has 1 aromatic carbocycles. The minimum absolute atomic E-state index is 0.00695. The molecule has 1 unspecified atom stereocenters. The van der Waals surface area contributed by atoms with Crippen LogP contribution in [0.15, 0.2) is 27.4 Å². The van der Waals surface area contributed by atoms with E-state index in [1.807, 2.05) is 0 Å². The zero-order valence-electron chi connectivity index (χ0n) is 15.5. The molecule has 0 aliphatic carbocycles. The summed E-state index contributed by atoms with van der Waals surface area (Å²) in [5, 5.41) is 13.4. The molecule has 0 radical (unpaired) electrons. The van der Waals surface area contributed by atoms with Gasteiger partial charge in [0.15, 0.2) is 12.2 Å². The number of hydrogen-bond donors (Lipinski definition) is 1. The van der Waals surface area contributed by atoms with Gasteiger partial charge < -0.3 is 19.2 Å². The summed E-state index contributed by atoms with van der Waals surface area (Å²) in [5.41, 5.74) is 0.314. The quantitative estimate of drug-likeness (QED) is 0.356. The van der Waals surface area contributed by atoms with E-state index in [9.17, 15) is 24.5 Å². The van der Waals surface area contributed by atoms with Gasteiger partial charge in [-0.05, 0) is 19.4 Å². The molecule has 0 saturated carbocycles. The number of fused-ring (bicyclic) bond motifs is 1. The molecule has 0 bridgehead atoms. The number of hydrogen-bond acceptors (Lipinski definition) is 8. The maximum absolute atomic E-state index is 11.9. The lowest BCUT2D eigenvalue weighted by atomic mass is 10.2. The van der Waals surface area contributed by atoms with Crippen molar-refractivity contribution in [3.63, 3.8) is 0 Å². The summed E-state index contributed by atoms with van der Waals surface area (Å²) in [4.78, 5) is 45.5. The molecule has 0 spiro atoms. The summed E-state index contributed by atoms with van der Waals surface area (Å²) in [5.74, 6) is -1.68. The van der Waals surface area contributed by atoms with Crippen LogP contribution >= 0.6 is 0 Å². The third-order valence-electron chi connectivity index (χ3n) is 3.81. The summed E-state index contributed by atoms with van der Waals surface area (Å²) < 4.78 is 16.1. The molecule has 2 rings (SSSR count). The molecule has 152 valence electrons. The molecule has 0 aliphatic heterocycles. The van der Waals surface area contributed by atoms with Crippen LogP contribution in [0.5, 0.6) is 0 Å². The molecule has 1 aromatic heterocycles. The average Bonchev–Trinajstić information content (AvgIpc) is 2.94. The van der Waals surface area contributed by atoms with Crippen molar-refractivity contribution in [2.75, 3.05) is 20.3 Å². The lowest BCUT2D eigenvalue weighted by Gasteiger charge is -2.12. The van der Waals surface area contributed by atoms with Gasteiger partial charge >= 0.3 is 11.7 Å². The van der Waals surface area contributed by atoms with Crippen molar-refractivity contribution in [2.24, 2.45) is 0 Å². The molecule has 28 heavy (non-hydrogen) atoms. The number of methoxy groups -OCH3 is 1. The fourth-order valence-electron chi connectivity index (χ4n) is 2.59. The van der Waals surface area contributed by atoms with E-state index in [1.54, 1.807) is 6.92 Å². The van der Waals surface area contributed by atoms with E-state index >= 15 is 0 Å². The molecule has 1 amide bonds. The minimum atomic E-state index is -0.671. The number of esters is 1. The van der Waals surface area contributed by atoms with E-state index in [1.165, 1.54) is 29.9 Å². The number of aryl methyl sites for hydroxylation is 1. The van der Waals surface area contributed by atoms with E-state index in [0.717, 1.165) is 0 Å². The standard InChI is InChI=1S/C17H21N3O8/c1-11(9-26-2)18-15(21)10-27-16(22)4-3-7-19-13-6-5-12(20(24)25)8-14(13)28-17(19)23/h5-6,8,11H,3-4,7,9-10H2,1-2H3,(H,18,21). The second kappa shape index (κ2) is 9.65. The third kappa shape index (κ3) is 5.64. The van der Waals surface area contributed by atoms with Gasteiger partial charge in [-0.25, -0.2) is 4.79 Å². The van der Waals surface area contributed by atoms with Crippen LogP contribution < -0.4 is 11.1 Å². The summed E-state index contributed by atoms with van der Waals surface area (Å²) in [6.45, 7) is 1.86. The number of amides is 1. The van der Waals surface area contributed by atoms with Crippen LogP contribution in [0.3, 0.4) is 0 Å². The molecule has 1 atom stereocenters. The van der Waals surface area contributed by atoms with Crippen LogP contribution in [-0.4, -0.2) is 47.7 Å². The summed E-state index contributed by atoms with van der Waals surface area (Å²) in [6, 6.07) is 3.66. The molecular weight excluding hydrogens is 374 g/mol. The zero-order valence-corrected chi connectivity index (χ0v) is 15.5. The Morgan fingerprint density at radius 3 is 2.82 bits per heavy atom. The molecular formula is C17H21N3O8. The van der Waals surface area contributed by atoms with Crippen molar-refractivity contribution in [3.05, 3.63) is 38.9 Å². The topological polar surface area (TPSA) is 143 Å². The number of carbonyl (C=O) groups is 2. The molecule has 0 saturated heterocycles. The van der Waals surface area contributed by atoms with Crippen LogP contribution in [0.1, 0.15) is 19.8 Å². The number of benzene rings is 1. The fraction of sp³-hybridized carbons (Fsp3) is 0.471. The predicted octanol–water partition coefficient (Wildman–Crippen LogP) is 0.977. The number of aromatic nitrogens is 1. The van der Waals surface area contributed by atoms with Crippen LogP contribution in [0.25, 0.3) is 11.1 Å². The number of nitrogens with zero attached hydrogens (tertiary/aromatic N) is 2. The normalized spacial score (nSPS) is 11.9. The number of carbonyl (C=O) groups excluding carboxylic acids is 2. The first-order valence-electron chi connectivity index (χ1n) is 8.53. The molecule has 11 nitrogen and oxygen atoms in total. The lowest BCUT2D eigenvalue weighted by Crippen LogP contribution is -2.38. The zero-order chi connectivity index (χ0) is 20.7. The maximum Gasteiger partial charge on any atom is 0.419 e. The monoisotopic (exact) mass is 395 g/mol. The average molecular weight is 395 g/mol. The van der Waals surface area contributed by atoms with Crippen LogP contribution in [0, 0.1) is 10.1 Å². The number of nitrogens with one attached hydrogen (secondary N) is 1. The number of non-ortho nitro benzene ring substituents is 1. The first-order valence-corrected chi connectivity index (χ1v) is 8.53. The Kier molecular flexibility index (Phi) is 7.27. The van der Waals surface area contributed by atoms with Gasteiger partial charge in [-0.2, -0.15) is 0 Å². The molecule has 2 aromatic rings. The first-order chi connectivity index (χ1) is 13.3. The van der Waals surface area contributed by atoms with Gasteiger partial charge in [0.1, 0.15) is 0 Å². The van der Waals surface area contributed by atoms with Gasteiger partial charge in [0.2, 0.25) is 0 Å². The van der Waals surface area contributed by atoms with E-state index in [2.05, 4.69) is 5.32 Å². The van der Waals surface area contributed by atoms with Crippen molar-refractivity contribution < 1.29 is 28.4 Å². The van der Waals surface area contributed by atoms with E-state index < -0.39 is 29.2 Å². The maximum atomic E-state index is 11.9. The number of nitro groups is 1. The Labute approximate surface area is 159 Å². The molecule has 11 heteroatoms. The SMILES string of the molecule is COCC(C)NC(=O)COC(=O)CCCn1c(=O)oc2cc([N+](=O)[O-])ccc21. The van der Waals surface area contributed by atoms with Gasteiger partial charge in [-0.15, -0.1) is 0 Å². The second-order valence-corrected chi connectivity index (χ2v) is 6.12. The van der Waals surface area contributed by atoms with E-state index in [-0.39, 0.29) is 36.7 Å². The summed E-state index contributed by atoms with van der Waals surface area (Å²) in [6.07, 6.45) is 0.263. The highest BCUT2D eigenvalue weighted by Gasteiger charge is 2.15. The summed E-state index contributed by atoms with van der Waals surface area (Å²) >= 11 is 0. The molecule has 1 N–H and O–H groups in total. The molecule has 0 fully saturated rings. The van der Waals surface area contributed by atoms with Gasteiger partial charge in [0.25, 0.3) is 11.6 Å². The second-order valence-electron chi connectivity index (χ2n) is 6.12. The molecule has 1 heterocycles. The Morgan fingerprint density at radius 2 is 2.14 bits per heavy atom. The van der Waals surface area contributed by atoms with E-state index in [0.29, 0.717) is 12.1 Å². The fourth-order valence-corrected chi connectivity index (χ4v) is 2.59. The smallest absolute Gasteiger partial charge is 0.419 e. The van der Waals surface area contributed by atoms with Crippen LogP contribution in [0.2, 0.25) is 0 Å². The molecule has 0 aliphatic rings. The van der Waals surface area contributed by atoms with E-state index in [4.69, 9.17) is 13.9 Å². The van der Waals surface area contributed by atoms with Crippen molar-refractivity contribution in [1.82, 2.24) is 9.88 Å². The Balaban J connectivity index is 1.84. The first kappa shape index (κ1) is 21.1. The van der Waals surface area contributed by atoms with Crippen LogP contribution in [-0.2, 0) is 25.6 Å². The van der Waals surface area contributed by atoms with Gasteiger partial charge in [0, 0.05) is 32.2 Å². The number of oxazole rings is 1. The Hall–Kier alpha value is -3.21. The number of nitro benzene ring substituents is 1. The highest BCUT2D eigenvalue weighted by molar-refractivity contribution is 5.80. The highest BCUT2D eigenvalue weighted by atomic mass is 16.6. The van der Waals surface area contributed by atoms with Gasteiger partial charge in [0.05, 0.1) is 23.1 Å². The van der Waals surface area contributed by atoms with Crippen LogP contribution in [0.4, 0.5) is 5.69 Å². The minimum Gasteiger partial charge on any atom is -0.456 e. The Morgan fingerprint density at radius 1 is 1.39 bits per heavy atom. The summed E-state index contributed by atoms with van der Waals surface area (Å²) in [7, 11) is 1.51. The van der Waals surface area contributed by atoms with Crippen molar-refractivity contribution >= 4 is 28.7 Å². The Bertz CT molecular complexity index is 917.